The summed E-state index contributed by atoms with van der Waals surface area (Å²) in [7, 11) is 0. The highest BCUT2D eigenvalue weighted by molar-refractivity contribution is 5.92. The van der Waals surface area contributed by atoms with Crippen molar-refractivity contribution in [1.82, 2.24) is 0 Å². The first-order valence-corrected chi connectivity index (χ1v) is 7.75. The Morgan fingerprint density at radius 1 is 0.957 bits per heavy atom. The van der Waals surface area contributed by atoms with Gasteiger partial charge in [-0.3, -0.25) is 4.79 Å². The minimum Gasteiger partial charge on any atom is -0.368 e. The zero-order valence-electron chi connectivity index (χ0n) is 13.1. The van der Waals surface area contributed by atoms with E-state index in [0.717, 1.165) is 43.2 Å². The number of nitrogens with one attached hydrogen (secondary N) is 1. The van der Waals surface area contributed by atoms with Crippen molar-refractivity contribution in [3.63, 3.8) is 0 Å². The molecule has 0 aliphatic carbocycles. The van der Waals surface area contributed by atoms with Crippen molar-refractivity contribution in [3.05, 3.63) is 54.3 Å². The van der Waals surface area contributed by atoms with Crippen LogP contribution in [0, 0.1) is 5.82 Å². The molecular formula is C18H20FN3O. The topological polar surface area (TPSA) is 35.6 Å². The van der Waals surface area contributed by atoms with Gasteiger partial charge in [0.15, 0.2) is 0 Å². The molecule has 23 heavy (non-hydrogen) atoms. The number of piperazine rings is 1. The normalized spacial score (nSPS) is 14.7. The molecule has 4 nitrogen and oxygen atoms in total. The first kappa shape index (κ1) is 15.3. The van der Waals surface area contributed by atoms with Crippen LogP contribution in [0.15, 0.2) is 48.5 Å². The third-order valence-electron chi connectivity index (χ3n) is 4.03. The molecule has 2 aromatic rings. The van der Waals surface area contributed by atoms with Gasteiger partial charge in [0, 0.05) is 38.8 Å². The van der Waals surface area contributed by atoms with Gasteiger partial charge < -0.3 is 15.1 Å². The average Bonchev–Trinajstić information content (AvgIpc) is 2.56. The molecule has 2 aromatic carbocycles. The van der Waals surface area contributed by atoms with Crippen LogP contribution in [0.4, 0.5) is 21.5 Å². The number of benzene rings is 2. The number of hydrogen-bond donors (Lipinski definition) is 1. The number of anilines is 3. The zero-order chi connectivity index (χ0) is 16.2. The van der Waals surface area contributed by atoms with E-state index in [1.165, 1.54) is 19.1 Å². The van der Waals surface area contributed by atoms with Crippen molar-refractivity contribution >= 4 is 23.0 Å². The van der Waals surface area contributed by atoms with E-state index in [0.29, 0.717) is 0 Å². The molecule has 1 amide bonds. The number of carbonyl (C=O) groups is 1. The molecule has 0 radical (unpaired) electrons. The Balaban J connectivity index is 1.69. The van der Waals surface area contributed by atoms with Crippen LogP contribution < -0.4 is 15.1 Å². The molecule has 1 aliphatic heterocycles. The highest BCUT2D eigenvalue weighted by Gasteiger charge is 2.19. The van der Waals surface area contributed by atoms with Crippen molar-refractivity contribution in [2.24, 2.45) is 0 Å². The molecule has 5 heteroatoms. The fourth-order valence-electron chi connectivity index (χ4n) is 2.90. The average molecular weight is 313 g/mol. The summed E-state index contributed by atoms with van der Waals surface area (Å²) in [4.78, 5) is 15.9. The summed E-state index contributed by atoms with van der Waals surface area (Å²) < 4.78 is 13.0. The molecule has 0 saturated carbocycles. The lowest BCUT2D eigenvalue weighted by molar-refractivity contribution is -0.114. The Bertz CT molecular complexity index is 679. The van der Waals surface area contributed by atoms with Crippen LogP contribution >= 0.6 is 0 Å². The van der Waals surface area contributed by atoms with E-state index < -0.39 is 0 Å². The van der Waals surface area contributed by atoms with E-state index in [1.807, 2.05) is 36.4 Å². The predicted octanol–water partition coefficient (Wildman–Crippen LogP) is 3.11. The van der Waals surface area contributed by atoms with Crippen molar-refractivity contribution in [3.8, 4) is 0 Å². The second-order valence-corrected chi connectivity index (χ2v) is 5.65. The Kier molecular flexibility index (Phi) is 4.46. The van der Waals surface area contributed by atoms with Crippen LogP contribution in [0.1, 0.15) is 6.92 Å². The van der Waals surface area contributed by atoms with Gasteiger partial charge in [-0.2, -0.15) is 0 Å². The smallest absolute Gasteiger partial charge is 0.221 e. The summed E-state index contributed by atoms with van der Waals surface area (Å²) in [6.45, 7) is 4.95. The van der Waals surface area contributed by atoms with Gasteiger partial charge in [0.25, 0.3) is 0 Å². The van der Waals surface area contributed by atoms with Gasteiger partial charge in [-0.05, 0) is 36.4 Å². The summed E-state index contributed by atoms with van der Waals surface area (Å²) >= 11 is 0. The number of amides is 1. The number of nitrogens with zero attached hydrogens (tertiary/aromatic N) is 2. The molecule has 1 heterocycles. The van der Waals surface area contributed by atoms with Gasteiger partial charge in [-0.25, -0.2) is 4.39 Å². The molecule has 0 aromatic heterocycles. The summed E-state index contributed by atoms with van der Waals surface area (Å²) in [6, 6.07) is 14.5. The molecule has 1 fully saturated rings. The lowest BCUT2D eigenvalue weighted by Crippen LogP contribution is -2.46. The largest absolute Gasteiger partial charge is 0.368 e. The molecule has 0 bridgehead atoms. The summed E-state index contributed by atoms with van der Waals surface area (Å²) in [5.41, 5.74) is 2.93. The maximum atomic E-state index is 13.0. The van der Waals surface area contributed by atoms with Crippen LogP contribution in [0.5, 0.6) is 0 Å². The Morgan fingerprint density at radius 3 is 2.22 bits per heavy atom. The van der Waals surface area contributed by atoms with Crippen molar-refractivity contribution in [2.75, 3.05) is 41.3 Å². The zero-order valence-corrected chi connectivity index (χ0v) is 13.1. The van der Waals surface area contributed by atoms with Crippen molar-refractivity contribution in [2.45, 2.75) is 6.92 Å². The van der Waals surface area contributed by atoms with Crippen molar-refractivity contribution < 1.29 is 9.18 Å². The Labute approximate surface area is 135 Å². The van der Waals surface area contributed by atoms with Crippen LogP contribution in [-0.2, 0) is 4.79 Å². The molecule has 120 valence electrons. The van der Waals surface area contributed by atoms with E-state index in [9.17, 15) is 9.18 Å². The molecule has 0 atom stereocenters. The number of rotatable bonds is 3. The van der Waals surface area contributed by atoms with Gasteiger partial charge in [-0.1, -0.05) is 12.1 Å². The van der Waals surface area contributed by atoms with Crippen molar-refractivity contribution in [1.29, 1.82) is 0 Å². The SMILES string of the molecule is CC(=O)Nc1ccccc1N1CCN(c2ccc(F)cc2)CC1. The van der Waals surface area contributed by atoms with E-state index in [4.69, 9.17) is 0 Å². The van der Waals surface area contributed by atoms with Gasteiger partial charge in [-0.15, -0.1) is 0 Å². The summed E-state index contributed by atoms with van der Waals surface area (Å²) in [6.07, 6.45) is 0. The summed E-state index contributed by atoms with van der Waals surface area (Å²) in [5.74, 6) is -0.279. The fraction of sp³-hybridized carbons (Fsp3) is 0.278. The van der Waals surface area contributed by atoms with Gasteiger partial charge in [0.05, 0.1) is 11.4 Å². The molecule has 1 N–H and O–H groups in total. The van der Waals surface area contributed by atoms with Crippen LogP contribution in [0.3, 0.4) is 0 Å². The number of para-hydroxylation sites is 2. The lowest BCUT2D eigenvalue weighted by Gasteiger charge is -2.38. The van der Waals surface area contributed by atoms with E-state index in [2.05, 4.69) is 15.1 Å². The monoisotopic (exact) mass is 313 g/mol. The first-order valence-electron chi connectivity index (χ1n) is 7.75. The number of halogens is 1. The van der Waals surface area contributed by atoms with E-state index in [1.54, 1.807) is 0 Å². The van der Waals surface area contributed by atoms with Gasteiger partial charge >= 0.3 is 0 Å². The number of carbonyl (C=O) groups excluding carboxylic acids is 1. The van der Waals surface area contributed by atoms with Gasteiger partial charge in [0.2, 0.25) is 5.91 Å². The minimum absolute atomic E-state index is 0.0672. The first-order chi connectivity index (χ1) is 11.1. The quantitative estimate of drug-likeness (QED) is 0.946. The molecule has 1 saturated heterocycles. The van der Waals surface area contributed by atoms with E-state index in [-0.39, 0.29) is 11.7 Å². The second-order valence-electron chi connectivity index (χ2n) is 5.65. The number of hydrogen-bond acceptors (Lipinski definition) is 3. The lowest BCUT2D eigenvalue weighted by atomic mass is 10.2. The maximum absolute atomic E-state index is 13.0. The molecule has 0 spiro atoms. The van der Waals surface area contributed by atoms with Gasteiger partial charge in [0.1, 0.15) is 5.82 Å². The molecule has 0 unspecified atom stereocenters. The van der Waals surface area contributed by atoms with Crippen LogP contribution in [-0.4, -0.2) is 32.1 Å². The Hall–Kier alpha value is -2.56. The standard InChI is InChI=1S/C18H20FN3O/c1-14(23)20-17-4-2-3-5-18(17)22-12-10-21(11-13-22)16-8-6-15(19)7-9-16/h2-9H,10-13H2,1H3,(H,20,23). The van der Waals surface area contributed by atoms with Crippen LogP contribution in [0.2, 0.25) is 0 Å². The van der Waals surface area contributed by atoms with Crippen LogP contribution in [0.25, 0.3) is 0 Å². The summed E-state index contributed by atoms with van der Waals surface area (Å²) in [5, 5.41) is 2.88. The molecular weight excluding hydrogens is 293 g/mol. The Morgan fingerprint density at radius 2 is 1.57 bits per heavy atom. The highest BCUT2D eigenvalue weighted by atomic mass is 19.1. The predicted molar refractivity (Wildman–Crippen MR) is 91.6 cm³/mol. The molecule has 1 aliphatic rings. The third-order valence-corrected chi connectivity index (χ3v) is 4.03. The third kappa shape index (κ3) is 3.62. The molecule has 3 rings (SSSR count). The minimum atomic E-state index is -0.211. The maximum Gasteiger partial charge on any atom is 0.221 e. The van der Waals surface area contributed by atoms with E-state index >= 15 is 0 Å². The fourth-order valence-corrected chi connectivity index (χ4v) is 2.90. The highest BCUT2D eigenvalue weighted by Crippen LogP contribution is 2.27. The second kappa shape index (κ2) is 6.69.